The first-order chi connectivity index (χ1) is 11.2. The first-order valence-corrected chi connectivity index (χ1v) is 7.16. The number of nitrogens with one attached hydrogen (secondary N) is 1. The molecule has 4 nitrogen and oxygen atoms in total. The number of hydrogen-bond acceptors (Lipinski definition) is 3. The van der Waals surface area contributed by atoms with Crippen molar-refractivity contribution < 1.29 is 9.53 Å². The van der Waals surface area contributed by atoms with Gasteiger partial charge in [-0.1, -0.05) is 36.4 Å². The molecule has 1 N–H and O–H groups in total. The number of ketones is 1. The molecule has 23 heavy (non-hydrogen) atoms. The molecular weight excluding hydrogens is 290 g/mol. The van der Waals surface area contributed by atoms with E-state index in [2.05, 4.69) is 4.98 Å². The van der Waals surface area contributed by atoms with E-state index in [-0.39, 0.29) is 16.9 Å². The van der Waals surface area contributed by atoms with Crippen molar-refractivity contribution in [2.45, 2.75) is 0 Å². The van der Waals surface area contributed by atoms with Crippen LogP contribution in [-0.4, -0.2) is 17.9 Å². The number of benzene rings is 2. The van der Waals surface area contributed by atoms with Crippen LogP contribution >= 0.6 is 0 Å². The van der Waals surface area contributed by atoms with Gasteiger partial charge in [-0.2, -0.15) is 0 Å². The number of pyridine rings is 1. The number of methoxy groups -OCH3 is 1. The number of carbonyl (C=O) groups excluding carboxylic acids is 1. The van der Waals surface area contributed by atoms with Gasteiger partial charge < -0.3 is 9.72 Å². The largest absolute Gasteiger partial charge is 0.497 e. The van der Waals surface area contributed by atoms with Gasteiger partial charge in [-0.25, -0.2) is 0 Å². The molecular formula is C19H15NO3. The summed E-state index contributed by atoms with van der Waals surface area (Å²) in [6.45, 7) is 0. The molecule has 1 heterocycles. The molecule has 0 aliphatic rings. The Morgan fingerprint density at radius 3 is 2.57 bits per heavy atom. The van der Waals surface area contributed by atoms with E-state index in [1.54, 1.807) is 25.3 Å². The average molecular weight is 305 g/mol. The summed E-state index contributed by atoms with van der Waals surface area (Å²) in [6.07, 6.45) is 3.08. The Morgan fingerprint density at radius 2 is 1.83 bits per heavy atom. The fourth-order valence-corrected chi connectivity index (χ4v) is 2.31. The van der Waals surface area contributed by atoms with Crippen LogP contribution in [0.4, 0.5) is 0 Å². The van der Waals surface area contributed by atoms with E-state index >= 15 is 0 Å². The predicted molar refractivity (Wildman–Crippen MR) is 90.9 cm³/mol. The van der Waals surface area contributed by atoms with E-state index in [9.17, 15) is 9.59 Å². The number of ether oxygens (including phenoxy) is 1. The Balaban J connectivity index is 1.89. The third-order valence-corrected chi connectivity index (χ3v) is 3.56. The number of para-hydroxylation sites is 1. The lowest BCUT2D eigenvalue weighted by atomic mass is 10.1. The molecule has 114 valence electrons. The van der Waals surface area contributed by atoms with Gasteiger partial charge in [-0.05, 0) is 41.3 Å². The molecule has 0 saturated heterocycles. The van der Waals surface area contributed by atoms with Crippen molar-refractivity contribution in [3.63, 3.8) is 0 Å². The van der Waals surface area contributed by atoms with Gasteiger partial charge in [0, 0.05) is 5.52 Å². The Labute approximate surface area is 133 Å². The van der Waals surface area contributed by atoms with Gasteiger partial charge in [0.1, 0.15) is 5.75 Å². The summed E-state index contributed by atoms with van der Waals surface area (Å²) in [6, 6.07) is 16.3. The number of rotatable bonds is 4. The summed E-state index contributed by atoms with van der Waals surface area (Å²) in [5, 5.41) is 0.827. The van der Waals surface area contributed by atoms with Crippen molar-refractivity contribution in [2.24, 2.45) is 0 Å². The molecule has 0 amide bonds. The third-order valence-electron chi connectivity index (χ3n) is 3.56. The number of aromatic amines is 1. The van der Waals surface area contributed by atoms with Crippen molar-refractivity contribution in [3.8, 4) is 5.75 Å². The van der Waals surface area contributed by atoms with Crippen molar-refractivity contribution in [1.29, 1.82) is 0 Å². The summed E-state index contributed by atoms with van der Waals surface area (Å²) in [7, 11) is 1.60. The van der Waals surface area contributed by atoms with Gasteiger partial charge in [0.05, 0.1) is 12.7 Å². The molecule has 0 fully saturated rings. The lowest BCUT2D eigenvalue weighted by Crippen LogP contribution is -2.16. The van der Waals surface area contributed by atoms with Crippen molar-refractivity contribution >= 4 is 22.8 Å². The van der Waals surface area contributed by atoms with Crippen molar-refractivity contribution in [1.82, 2.24) is 4.98 Å². The zero-order chi connectivity index (χ0) is 16.2. The molecule has 0 saturated carbocycles. The molecule has 3 rings (SSSR count). The Bertz CT molecular complexity index is 937. The van der Waals surface area contributed by atoms with Crippen LogP contribution in [0, 0.1) is 0 Å². The van der Waals surface area contributed by atoms with E-state index in [0.29, 0.717) is 5.52 Å². The second-order valence-electron chi connectivity index (χ2n) is 5.07. The second-order valence-corrected chi connectivity index (χ2v) is 5.07. The molecule has 0 atom stereocenters. The molecule has 0 radical (unpaired) electrons. The minimum absolute atomic E-state index is 0.133. The summed E-state index contributed by atoms with van der Waals surface area (Å²) < 4.78 is 5.08. The smallest absolute Gasteiger partial charge is 0.259 e. The van der Waals surface area contributed by atoms with Crippen LogP contribution in [0.25, 0.3) is 17.0 Å². The number of H-pyrrole nitrogens is 1. The molecule has 0 aliphatic carbocycles. The number of fused-ring (bicyclic) bond motifs is 1. The van der Waals surface area contributed by atoms with Crippen molar-refractivity contribution in [2.75, 3.05) is 7.11 Å². The minimum Gasteiger partial charge on any atom is -0.497 e. The molecule has 0 bridgehead atoms. The Morgan fingerprint density at radius 1 is 1.09 bits per heavy atom. The maximum Gasteiger partial charge on any atom is 0.259 e. The number of hydrogen-bond donors (Lipinski definition) is 1. The predicted octanol–water partition coefficient (Wildman–Crippen LogP) is 3.43. The SMILES string of the molecule is COc1ccc(C=CC(=O)c2cc3ccccc3[nH]c2=O)cc1. The number of carbonyl (C=O) groups is 1. The highest BCUT2D eigenvalue weighted by atomic mass is 16.5. The van der Waals surface area contributed by atoms with E-state index in [0.717, 1.165) is 16.7 Å². The topological polar surface area (TPSA) is 59.2 Å². The Kier molecular flexibility index (Phi) is 4.06. The Hall–Kier alpha value is -3.14. The van der Waals surface area contributed by atoms with Crippen LogP contribution in [-0.2, 0) is 0 Å². The number of allylic oxidation sites excluding steroid dienone is 1. The lowest BCUT2D eigenvalue weighted by Gasteiger charge is -2.01. The first kappa shape index (κ1) is 14.8. The van der Waals surface area contributed by atoms with Gasteiger partial charge >= 0.3 is 0 Å². The van der Waals surface area contributed by atoms with E-state index in [1.165, 1.54) is 6.08 Å². The van der Waals surface area contributed by atoms with Crippen LogP contribution in [0.15, 0.2) is 65.5 Å². The summed E-state index contributed by atoms with van der Waals surface area (Å²) in [5.41, 5.74) is 1.33. The molecule has 4 heteroatoms. The second kappa shape index (κ2) is 6.32. The van der Waals surface area contributed by atoms with Crippen LogP contribution in [0.3, 0.4) is 0 Å². The summed E-state index contributed by atoms with van der Waals surface area (Å²) in [4.78, 5) is 27.0. The van der Waals surface area contributed by atoms with Gasteiger partial charge in [0.15, 0.2) is 5.78 Å². The van der Waals surface area contributed by atoms with Crippen LogP contribution in [0.5, 0.6) is 5.75 Å². The van der Waals surface area contributed by atoms with Crippen LogP contribution in [0.2, 0.25) is 0 Å². The minimum atomic E-state index is -0.381. The van der Waals surface area contributed by atoms with Crippen LogP contribution < -0.4 is 10.3 Å². The fraction of sp³-hybridized carbons (Fsp3) is 0.0526. The standard InChI is InChI=1S/C19H15NO3/c1-23-15-9-6-13(7-10-15)8-11-18(21)16-12-14-4-2-3-5-17(14)20-19(16)22/h2-12H,1H3,(H,20,22). The maximum atomic E-state index is 12.3. The monoisotopic (exact) mass is 305 g/mol. The molecule has 0 aliphatic heterocycles. The highest BCUT2D eigenvalue weighted by Gasteiger charge is 2.08. The van der Waals surface area contributed by atoms with Crippen molar-refractivity contribution in [3.05, 3.63) is 82.2 Å². The highest BCUT2D eigenvalue weighted by molar-refractivity contribution is 6.08. The normalized spacial score (nSPS) is 11.0. The molecule has 3 aromatic rings. The molecule has 0 unspecified atom stereocenters. The first-order valence-electron chi connectivity index (χ1n) is 7.16. The molecule has 1 aromatic heterocycles. The number of aromatic nitrogens is 1. The van der Waals surface area contributed by atoms with Gasteiger partial charge in [-0.3, -0.25) is 9.59 Å². The van der Waals surface area contributed by atoms with Crippen LogP contribution in [0.1, 0.15) is 15.9 Å². The summed E-state index contributed by atoms with van der Waals surface area (Å²) >= 11 is 0. The fourth-order valence-electron chi connectivity index (χ4n) is 2.31. The zero-order valence-electron chi connectivity index (χ0n) is 12.6. The third kappa shape index (κ3) is 3.21. The van der Waals surface area contributed by atoms with Gasteiger partial charge in [0.25, 0.3) is 5.56 Å². The zero-order valence-corrected chi connectivity index (χ0v) is 12.6. The highest BCUT2D eigenvalue weighted by Crippen LogP contribution is 2.14. The lowest BCUT2D eigenvalue weighted by molar-refractivity contribution is 0.104. The van der Waals surface area contributed by atoms with E-state index in [4.69, 9.17) is 4.74 Å². The average Bonchev–Trinajstić information content (AvgIpc) is 2.59. The van der Waals surface area contributed by atoms with Gasteiger partial charge in [-0.15, -0.1) is 0 Å². The quantitative estimate of drug-likeness (QED) is 0.593. The van der Waals surface area contributed by atoms with Gasteiger partial charge in [0.2, 0.25) is 0 Å². The molecule has 2 aromatic carbocycles. The van der Waals surface area contributed by atoms with E-state index in [1.807, 2.05) is 42.5 Å². The maximum absolute atomic E-state index is 12.3. The summed E-state index contributed by atoms with van der Waals surface area (Å²) in [5.74, 6) is 0.423. The van der Waals surface area contributed by atoms with E-state index < -0.39 is 0 Å². The molecule has 0 spiro atoms.